The Morgan fingerprint density at radius 2 is 1.78 bits per heavy atom. The molecule has 0 unspecified atom stereocenters. The molecule has 32 heavy (non-hydrogen) atoms. The fourth-order valence-corrected chi connectivity index (χ4v) is 4.79. The lowest BCUT2D eigenvalue weighted by Gasteiger charge is -2.22. The smallest absolute Gasteiger partial charge is 0.343 e. The summed E-state index contributed by atoms with van der Waals surface area (Å²) in [7, 11) is 0. The van der Waals surface area contributed by atoms with Gasteiger partial charge in [-0.15, -0.1) is 12.4 Å². The molecule has 168 valence electrons. The van der Waals surface area contributed by atoms with Gasteiger partial charge in [0.1, 0.15) is 5.69 Å². The van der Waals surface area contributed by atoms with Crippen LogP contribution in [0.3, 0.4) is 0 Å². The molecular weight excluding hydrogens is 458 g/mol. The number of hydrogen-bond acceptors (Lipinski definition) is 2. The first-order valence-corrected chi connectivity index (χ1v) is 10.7. The minimum absolute atomic E-state index is 0. The van der Waals surface area contributed by atoms with E-state index in [1.165, 1.54) is 10.9 Å². The van der Waals surface area contributed by atoms with Gasteiger partial charge in [0.15, 0.2) is 0 Å². The maximum atomic E-state index is 13.0. The molecule has 0 spiro atoms. The van der Waals surface area contributed by atoms with Crippen LogP contribution in [-0.2, 0) is 12.7 Å². The molecular formula is C24H22Cl2F3N3. The van der Waals surface area contributed by atoms with Gasteiger partial charge in [0.25, 0.3) is 0 Å². The molecule has 0 bridgehead atoms. The zero-order chi connectivity index (χ0) is 21.6. The van der Waals surface area contributed by atoms with E-state index in [0.717, 1.165) is 43.1 Å². The summed E-state index contributed by atoms with van der Waals surface area (Å²) in [6, 6.07) is 14.6. The molecule has 1 aliphatic rings. The van der Waals surface area contributed by atoms with E-state index >= 15 is 0 Å². The van der Waals surface area contributed by atoms with Crippen molar-refractivity contribution >= 4 is 45.8 Å². The Kier molecular flexibility index (Phi) is 6.39. The van der Waals surface area contributed by atoms with E-state index in [4.69, 9.17) is 11.6 Å². The molecule has 1 N–H and O–H groups in total. The molecule has 3 nitrogen and oxygen atoms in total. The minimum Gasteiger partial charge on any atom is -0.343 e. The number of nitrogens with zero attached hydrogens (tertiary/aromatic N) is 2. The highest BCUT2D eigenvalue weighted by Crippen LogP contribution is 2.35. The number of hydrogen-bond donors (Lipinski definition) is 1. The second kappa shape index (κ2) is 8.93. The third-order valence-electron chi connectivity index (χ3n) is 6.06. The summed E-state index contributed by atoms with van der Waals surface area (Å²) in [5, 5.41) is 5.28. The Morgan fingerprint density at radius 3 is 2.53 bits per heavy atom. The molecule has 0 saturated carbocycles. The van der Waals surface area contributed by atoms with Crippen LogP contribution < -0.4 is 5.32 Å². The number of halogens is 5. The number of fused-ring (bicyclic) bond motifs is 2. The second-order valence-electron chi connectivity index (χ2n) is 8.09. The quantitative estimate of drug-likeness (QED) is 0.350. The van der Waals surface area contributed by atoms with E-state index in [9.17, 15) is 13.2 Å². The van der Waals surface area contributed by atoms with Crippen molar-refractivity contribution in [3.63, 3.8) is 0 Å². The van der Waals surface area contributed by atoms with Crippen molar-refractivity contribution in [3.05, 3.63) is 76.6 Å². The number of benzene rings is 2. The molecule has 8 heteroatoms. The monoisotopic (exact) mass is 479 g/mol. The SMILES string of the molecule is Cl.FC(F)(F)c1cc(Cl)c2cc(Cn3cc(C4CCNCC4)c4ccccc43)ccc2n1. The molecule has 2 aromatic carbocycles. The van der Waals surface area contributed by atoms with Crippen LogP contribution in [-0.4, -0.2) is 22.6 Å². The van der Waals surface area contributed by atoms with Crippen molar-refractivity contribution in [3.8, 4) is 0 Å². The van der Waals surface area contributed by atoms with Crippen LogP contribution in [0.25, 0.3) is 21.8 Å². The molecule has 0 amide bonds. The number of piperidine rings is 1. The van der Waals surface area contributed by atoms with E-state index < -0.39 is 11.9 Å². The van der Waals surface area contributed by atoms with Crippen molar-refractivity contribution < 1.29 is 13.2 Å². The normalized spacial score (nSPS) is 15.2. The number of nitrogens with one attached hydrogen (secondary N) is 1. The van der Waals surface area contributed by atoms with Gasteiger partial charge in [-0.3, -0.25) is 0 Å². The van der Waals surface area contributed by atoms with Gasteiger partial charge in [-0.25, -0.2) is 4.98 Å². The Balaban J connectivity index is 0.00000245. The maximum Gasteiger partial charge on any atom is 0.433 e. The molecule has 0 atom stereocenters. The van der Waals surface area contributed by atoms with Crippen LogP contribution >= 0.6 is 24.0 Å². The molecule has 4 aromatic rings. The summed E-state index contributed by atoms with van der Waals surface area (Å²) < 4.78 is 41.3. The van der Waals surface area contributed by atoms with Crippen molar-refractivity contribution in [1.82, 2.24) is 14.9 Å². The highest BCUT2D eigenvalue weighted by Gasteiger charge is 2.33. The third kappa shape index (κ3) is 4.32. The first-order valence-electron chi connectivity index (χ1n) is 10.3. The first-order chi connectivity index (χ1) is 14.9. The molecule has 2 aromatic heterocycles. The summed E-state index contributed by atoms with van der Waals surface area (Å²) in [5.74, 6) is 0.531. The fraction of sp³-hybridized carbons (Fsp3) is 0.292. The lowest BCUT2D eigenvalue weighted by Crippen LogP contribution is -2.26. The van der Waals surface area contributed by atoms with Crippen LogP contribution in [0, 0.1) is 0 Å². The number of pyridine rings is 1. The third-order valence-corrected chi connectivity index (χ3v) is 6.38. The summed E-state index contributed by atoms with van der Waals surface area (Å²) in [6.45, 7) is 2.67. The van der Waals surface area contributed by atoms with Gasteiger partial charge < -0.3 is 9.88 Å². The predicted octanol–water partition coefficient (Wildman–Crippen LogP) is 6.80. The van der Waals surface area contributed by atoms with Gasteiger partial charge in [-0.1, -0.05) is 35.9 Å². The number of aromatic nitrogens is 2. The largest absolute Gasteiger partial charge is 0.433 e. The van der Waals surface area contributed by atoms with E-state index in [2.05, 4.69) is 39.3 Å². The summed E-state index contributed by atoms with van der Waals surface area (Å²) in [4.78, 5) is 3.75. The molecule has 5 rings (SSSR count). The van der Waals surface area contributed by atoms with Gasteiger partial charge in [0.2, 0.25) is 0 Å². The van der Waals surface area contributed by atoms with Crippen LogP contribution in [0.4, 0.5) is 13.2 Å². The highest BCUT2D eigenvalue weighted by atomic mass is 35.5. The lowest BCUT2D eigenvalue weighted by molar-refractivity contribution is -0.140. The summed E-state index contributed by atoms with van der Waals surface area (Å²) in [5.41, 5.74) is 2.77. The van der Waals surface area contributed by atoms with Crippen molar-refractivity contribution in [2.75, 3.05) is 13.1 Å². The van der Waals surface area contributed by atoms with Gasteiger partial charge in [0, 0.05) is 29.0 Å². The maximum absolute atomic E-state index is 13.0. The number of para-hydroxylation sites is 1. The van der Waals surface area contributed by atoms with Crippen LogP contribution in [0.15, 0.2) is 54.7 Å². The Labute approximate surface area is 195 Å². The molecule has 1 fully saturated rings. The minimum atomic E-state index is -4.52. The van der Waals surface area contributed by atoms with E-state index in [-0.39, 0.29) is 22.9 Å². The molecule has 1 aliphatic heterocycles. The summed E-state index contributed by atoms with van der Waals surface area (Å²) in [6.07, 6.45) is -0.0529. The van der Waals surface area contributed by atoms with Crippen molar-refractivity contribution in [1.29, 1.82) is 0 Å². The van der Waals surface area contributed by atoms with Crippen molar-refractivity contribution in [2.45, 2.75) is 31.5 Å². The van der Waals surface area contributed by atoms with Crippen LogP contribution in [0.1, 0.15) is 35.6 Å². The Morgan fingerprint density at radius 1 is 1.03 bits per heavy atom. The highest BCUT2D eigenvalue weighted by molar-refractivity contribution is 6.35. The number of alkyl halides is 3. The second-order valence-corrected chi connectivity index (χ2v) is 8.50. The van der Waals surface area contributed by atoms with Crippen LogP contribution in [0.5, 0.6) is 0 Å². The van der Waals surface area contributed by atoms with Crippen molar-refractivity contribution in [2.24, 2.45) is 0 Å². The topological polar surface area (TPSA) is 29.9 Å². The zero-order valence-electron chi connectivity index (χ0n) is 17.1. The van der Waals surface area contributed by atoms with E-state index in [0.29, 0.717) is 17.8 Å². The molecule has 0 aliphatic carbocycles. The van der Waals surface area contributed by atoms with Gasteiger partial charge in [-0.2, -0.15) is 13.2 Å². The van der Waals surface area contributed by atoms with Gasteiger partial charge in [-0.05, 0) is 67.2 Å². The fourth-order valence-electron chi connectivity index (χ4n) is 4.54. The molecule has 1 saturated heterocycles. The Hall–Kier alpha value is -2.28. The summed E-state index contributed by atoms with van der Waals surface area (Å²) >= 11 is 6.19. The number of rotatable bonds is 3. The standard InChI is InChI=1S/C24H21ClF3N3.ClH/c25-20-12-23(24(26,27)28)30-21-6-5-15(11-18(20)21)13-31-14-19(16-7-9-29-10-8-16)17-3-1-2-4-22(17)31;/h1-6,11-12,14,16,29H,7-10,13H2;1H. The van der Waals surface area contributed by atoms with Gasteiger partial charge >= 0.3 is 6.18 Å². The Bertz CT molecular complexity index is 1260. The lowest BCUT2D eigenvalue weighted by atomic mass is 9.90. The average molecular weight is 480 g/mol. The molecule has 0 radical (unpaired) electrons. The van der Waals surface area contributed by atoms with E-state index in [1.54, 1.807) is 6.07 Å². The average Bonchev–Trinajstić information content (AvgIpc) is 3.12. The first kappa shape index (κ1) is 22.9. The predicted molar refractivity (Wildman–Crippen MR) is 125 cm³/mol. The van der Waals surface area contributed by atoms with Crippen LogP contribution in [0.2, 0.25) is 5.02 Å². The molecule has 3 heterocycles. The zero-order valence-corrected chi connectivity index (χ0v) is 18.7. The van der Waals surface area contributed by atoms with E-state index in [1.807, 2.05) is 18.2 Å². The van der Waals surface area contributed by atoms with Gasteiger partial charge in [0.05, 0.1) is 10.5 Å².